The van der Waals surface area contributed by atoms with Gasteiger partial charge in [0.15, 0.2) is 5.69 Å². The highest BCUT2D eigenvalue weighted by atomic mass is 16.5. The molecule has 0 fully saturated rings. The van der Waals surface area contributed by atoms with Crippen LogP contribution < -0.4 is 5.73 Å². The molecule has 0 aliphatic rings. The van der Waals surface area contributed by atoms with Crippen molar-refractivity contribution in [3.05, 3.63) is 17.5 Å². The lowest BCUT2D eigenvalue weighted by molar-refractivity contribution is 0.0593. The number of carbonyl (C=O) groups is 1. The Bertz CT molecular complexity index is 335. The maximum Gasteiger partial charge on any atom is 0.358 e. The van der Waals surface area contributed by atoms with Crippen LogP contribution in [0.2, 0.25) is 0 Å². The number of esters is 1. The van der Waals surface area contributed by atoms with Gasteiger partial charge >= 0.3 is 5.97 Å². The average molecular weight is 199 g/mol. The van der Waals surface area contributed by atoms with Crippen LogP contribution in [-0.4, -0.2) is 34.6 Å². The molecule has 0 aromatic carbocycles. The Morgan fingerprint density at radius 3 is 3.00 bits per heavy atom. The molecule has 0 aliphatic carbocycles. The number of aliphatic hydroxyl groups excluding tert-OH is 1. The van der Waals surface area contributed by atoms with Crippen molar-refractivity contribution in [1.29, 1.82) is 0 Å². The zero-order valence-electron chi connectivity index (χ0n) is 8.10. The Hall–Kier alpha value is -1.40. The second-order valence-corrected chi connectivity index (χ2v) is 2.86. The molecule has 1 aromatic heterocycles. The maximum atomic E-state index is 11.1. The third-order valence-corrected chi connectivity index (χ3v) is 1.89. The van der Waals surface area contributed by atoms with Gasteiger partial charge in [-0.2, -0.15) is 5.10 Å². The van der Waals surface area contributed by atoms with Crippen molar-refractivity contribution in [3.63, 3.8) is 0 Å². The highest BCUT2D eigenvalue weighted by molar-refractivity contribution is 5.87. The van der Waals surface area contributed by atoms with E-state index in [-0.39, 0.29) is 12.3 Å². The van der Waals surface area contributed by atoms with Gasteiger partial charge in [-0.05, 0) is 6.07 Å². The van der Waals surface area contributed by atoms with Crippen LogP contribution in [-0.2, 0) is 11.8 Å². The number of nitrogens with zero attached hydrogens (tertiary/aromatic N) is 2. The molecule has 0 aliphatic heterocycles. The first-order chi connectivity index (χ1) is 6.60. The minimum Gasteiger partial charge on any atom is -0.464 e. The fourth-order valence-electron chi connectivity index (χ4n) is 1.13. The van der Waals surface area contributed by atoms with Crippen molar-refractivity contribution in [2.75, 3.05) is 13.7 Å². The average Bonchev–Trinajstić information content (AvgIpc) is 2.58. The maximum absolute atomic E-state index is 11.1. The molecule has 6 nitrogen and oxygen atoms in total. The van der Waals surface area contributed by atoms with Gasteiger partial charge in [-0.15, -0.1) is 0 Å². The monoisotopic (exact) mass is 199 g/mol. The first kappa shape index (κ1) is 10.7. The molecule has 0 bridgehead atoms. The van der Waals surface area contributed by atoms with Crippen molar-refractivity contribution in [3.8, 4) is 0 Å². The van der Waals surface area contributed by atoms with Crippen molar-refractivity contribution in [1.82, 2.24) is 9.78 Å². The SMILES string of the molecule is COC(=O)c1cc([C@H](N)CO)n(C)n1. The van der Waals surface area contributed by atoms with Gasteiger partial charge in [-0.3, -0.25) is 4.68 Å². The number of rotatable bonds is 3. The standard InChI is InChI=1S/C8H13N3O3/c1-11-7(5(9)4-12)3-6(10-11)8(13)14-2/h3,5,12H,4,9H2,1-2H3/t5-/m1/s1. The fourth-order valence-corrected chi connectivity index (χ4v) is 1.13. The third-order valence-electron chi connectivity index (χ3n) is 1.89. The number of aromatic nitrogens is 2. The second kappa shape index (κ2) is 4.21. The number of hydrogen-bond donors (Lipinski definition) is 2. The van der Waals surface area contributed by atoms with Gasteiger partial charge in [0.2, 0.25) is 0 Å². The molecular weight excluding hydrogens is 186 g/mol. The summed E-state index contributed by atoms with van der Waals surface area (Å²) in [5, 5.41) is 12.7. The highest BCUT2D eigenvalue weighted by Gasteiger charge is 2.16. The molecule has 0 amide bonds. The quantitative estimate of drug-likeness (QED) is 0.622. The Balaban J connectivity index is 2.98. The number of aliphatic hydroxyl groups is 1. The molecule has 78 valence electrons. The second-order valence-electron chi connectivity index (χ2n) is 2.86. The lowest BCUT2D eigenvalue weighted by Gasteiger charge is -2.06. The van der Waals surface area contributed by atoms with E-state index < -0.39 is 12.0 Å². The summed E-state index contributed by atoms with van der Waals surface area (Å²) < 4.78 is 5.95. The van der Waals surface area contributed by atoms with Crippen molar-refractivity contribution >= 4 is 5.97 Å². The topological polar surface area (TPSA) is 90.4 Å². The molecular formula is C8H13N3O3. The van der Waals surface area contributed by atoms with Crippen LogP contribution in [0.5, 0.6) is 0 Å². The number of carbonyl (C=O) groups excluding carboxylic acids is 1. The van der Waals surface area contributed by atoms with Crippen molar-refractivity contribution in [2.45, 2.75) is 6.04 Å². The van der Waals surface area contributed by atoms with Crippen molar-refractivity contribution in [2.24, 2.45) is 12.8 Å². The number of nitrogens with two attached hydrogens (primary N) is 1. The van der Waals surface area contributed by atoms with E-state index >= 15 is 0 Å². The Morgan fingerprint density at radius 2 is 2.50 bits per heavy atom. The summed E-state index contributed by atoms with van der Waals surface area (Å²) in [5.74, 6) is -0.517. The van der Waals surface area contributed by atoms with Gasteiger partial charge in [-0.25, -0.2) is 4.79 Å². The summed E-state index contributed by atoms with van der Waals surface area (Å²) in [5.41, 5.74) is 6.37. The number of aryl methyl sites for hydroxylation is 1. The zero-order chi connectivity index (χ0) is 10.7. The lowest BCUT2D eigenvalue weighted by atomic mass is 10.2. The number of hydrogen-bond acceptors (Lipinski definition) is 5. The Morgan fingerprint density at radius 1 is 1.86 bits per heavy atom. The third kappa shape index (κ3) is 1.91. The molecule has 0 radical (unpaired) electrons. The highest BCUT2D eigenvalue weighted by Crippen LogP contribution is 2.11. The van der Waals surface area contributed by atoms with Crippen LogP contribution in [0, 0.1) is 0 Å². The van der Waals surface area contributed by atoms with Gasteiger partial charge in [0.25, 0.3) is 0 Å². The molecule has 3 N–H and O–H groups in total. The summed E-state index contributed by atoms with van der Waals surface area (Å²) in [7, 11) is 2.93. The van der Waals surface area contributed by atoms with Gasteiger partial charge in [0.05, 0.1) is 25.5 Å². The molecule has 1 aromatic rings. The first-order valence-corrected chi connectivity index (χ1v) is 4.08. The summed E-state index contributed by atoms with van der Waals surface area (Å²) in [4.78, 5) is 11.1. The van der Waals surface area contributed by atoms with E-state index in [0.717, 1.165) is 0 Å². The van der Waals surface area contributed by atoms with Gasteiger partial charge in [-0.1, -0.05) is 0 Å². The van der Waals surface area contributed by atoms with Crippen LogP contribution >= 0.6 is 0 Å². The minimum absolute atomic E-state index is 0.189. The Labute approximate surface area is 81.3 Å². The minimum atomic E-state index is -0.536. The van der Waals surface area contributed by atoms with E-state index in [2.05, 4.69) is 9.84 Å². The van der Waals surface area contributed by atoms with E-state index in [9.17, 15) is 4.79 Å². The predicted octanol–water partition coefficient (Wildman–Crippen LogP) is -0.801. The summed E-state index contributed by atoms with van der Waals surface area (Å²) in [6.45, 7) is -0.194. The molecule has 1 rings (SSSR count). The van der Waals surface area contributed by atoms with E-state index in [4.69, 9.17) is 10.8 Å². The summed E-state index contributed by atoms with van der Waals surface area (Å²) in [6.07, 6.45) is 0. The van der Waals surface area contributed by atoms with E-state index in [0.29, 0.717) is 5.69 Å². The molecule has 1 heterocycles. The van der Waals surface area contributed by atoms with Gasteiger partial charge < -0.3 is 15.6 Å². The summed E-state index contributed by atoms with van der Waals surface area (Å²) in [6, 6.07) is 0.970. The molecule has 6 heteroatoms. The van der Waals surface area contributed by atoms with E-state index in [1.54, 1.807) is 7.05 Å². The van der Waals surface area contributed by atoms with Crippen LogP contribution in [0.25, 0.3) is 0 Å². The largest absolute Gasteiger partial charge is 0.464 e. The van der Waals surface area contributed by atoms with Crippen LogP contribution in [0.15, 0.2) is 6.07 Å². The Kier molecular flexibility index (Phi) is 3.21. The van der Waals surface area contributed by atoms with Gasteiger partial charge in [0.1, 0.15) is 0 Å². The molecule has 14 heavy (non-hydrogen) atoms. The molecule has 1 atom stereocenters. The van der Waals surface area contributed by atoms with E-state index in [1.807, 2.05) is 0 Å². The van der Waals surface area contributed by atoms with E-state index in [1.165, 1.54) is 17.9 Å². The van der Waals surface area contributed by atoms with Crippen molar-refractivity contribution < 1.29 is 14.6 Å². The normalized spacial score (nSPS) is 12.6. The van der Waals surface area contributed by atoms with Crippen LogP contribution in [0.3, 0.4) is 0 Å². The lowest BCUT2D eigenvalue weighted by Crippen LogP contribution is -2.17. The molecule has 0 saturated heterocycles. The predicted molar refractivity (Wildman–Crippen MR) is 48.6 cm³/mol. The fraction of sp³-hybridized carbons (Fsp3) is 0.500. The van der Waals surface area contributed by atoms with Gasteiger partial charge in [0, 0.05) is 7.05 Å². The smallest absolute Gasteiger partial charge is 0.358 e. The molecule has 0 spiro atoms. The number of ether oxygens (including phenoxy) is 1. The first-order valence-electron chi connectivity index (χ1n) is 4.08. The molecule has 0 saturated carbocycles. The van der Waals surface area contributed by atoms with Crippen LogP contribution in [0.4, 0.5) is 0 Å². The molecule has 0 unspecified atom stereocenters. The zero-order valence-corrected chi connectivity index (χ0v) is 8.10. The summed E-state index contributed by atoms with van der Waals surface area (Å²) >= 11 is 0. The number of methoxy groups -OCH3 is 1. The van der Waals surface area contributed by atoms with Crippen LogP contribution in [0.1, 0.15) is 22.2 Å².